The lowest BCUT2D eigenvalue weighted by Crippen LogP contribution is -1.99. The molecule has 3 rings (SSSR count). The molecule has 0 fully saturated rings. The maximum Gasteiger partial charge on any atom is 0.284 e. The van der Waals surface area contributed by atoms with Crippen LogP contribution in [0, 0.1) is 0 Å². The van der Waals surface area contributed by atoms with Crippen molar-refractivity contribution in [3.63, 3.8) is 0 Å². The average Bonchev–Trinajstić information content (AvgIpc) is 2.74. The van der Waals surface area contributed by atoms with Crippen molar-refractivity contribution < 1.29 is 9.40 Å². The Morgan fingerprint density at radius 1 is 1.13 bits per heavy atom. The van der Waals surface area contributed by atoms with Crippen LogP contribution in [-0.2, 0) is 0 Å². The summed E-state index contributed by atoms with van der Waals surface area (Å²) in [6.45, 7) is 0. The topological polar surface area (TPSA) is 40.2 Å². The Kier molecular flexibility index (Phi) is 1.75. The first-order chi connectivity index (χ1) is 7.43. The van der Waals surface area contributed by atoms with Crippen LogP contribution in [0.3, 0.4) is 0 Å². The van der Waals surface area contributed by atoms with Gasteiger partial charge in [0.05, 0.1) is 6.20 Å². The molecule has 0 aliphatic carbocycles. The SMILES string of the molecule is c1ccc2oc(-c3cc[nH+]cn3)cc2c1. The number of fused-ring (bicyclic) bond motifs is 1. The van der Waals surface area contributed by atoms with Gasteiger partial charge in [0.15, 0.2) is 5.76 Å². The van der Waals surface area contributed by atoms with Gasteiger partial charge >= 0.3 is 0 Å². The molecule has 3 nitrogen and oxygen atoms in total. The number of H-pyrrole nitrogens is 1. The zero-order valence-corrected chi connectivity index (χ0v) is 7.97. The molecular weight excluding hydrogens is 188 g/mol. The zero-order chi connectivity index (χ0) is 10.1. The first kappa shape index (κ1) is 8.17. The summed E-state index contributed by atoms with van der Waals surface area (Å²) in [5.74, 6) is 0.796. The van der Waals surface area contributed by atoms with E-state index in [0.717, 1.165) is 22.4 Å². The van der Waals surface area contributed by atoms with Crippen molar-refractivity contribution in [2.75, 3.05) is 0 Å². The molecular formula is C12H9N2O+. The molecule has 0 radical (unpaired) electrons. The summed E-state index contributed by atoms with van der Waals surface area (Å²) >= 11 is 0. The molecule has 0 atom stereocenters. The smallest absolute Gasteiger partial charge is 0.284 e. The molecule has 0 aliphatic heterocycles. The zero-order valence-electron chi connectivity index (χ0n) is 7.97. The lowest BCUT2D eigenvalue weighted by atomic mass is 10.2. The van der Waals surface area contributed by atoms with E-state index < -0.39 is 0 Å². The van der Waals surface area contributed by atoms with Crippen LogP contribution in [-0.4, -0.2) is 4.98 Å². The molecule has 1 N–H and O–H groups in total. The van der Waals surface area contributed by atoms with Crippen molar-refractivity contribution in [1.82, 2.24) is 4.98 Å². The predicted molar refractivity (Wildman–Crippen MR) is 56.0 cm³/mol. The minimum absolute atomic E-state index is 0.796. The van der Waals surface area contributed by atoms with Crippen LogP contribution >= 0.6 is 0 Å². The highest BCUT2D eigenvalue weighted by molar-refractivity contribution is 5.81. The normalized spacial score (nSPS) is 10.7. The maximum atomic E-state index is 5.68. The molecule has 0 saturated heterocycles. The Morgan fingerprint density at radius 3 is 2.87 bits per heavy atom. The van der Waals surface area contributed by atoms with Crippen LogP contribution in [0.4, 0.5) is 0 Å². The van der Waals surface area contributed by atoms with Crippen molar-refractivity contribution in [3.8, 4) is 11.5 Å². The number of aromatic nitrogens is 2. The number of benzene rings is 1. The second-order valence-corrected chi connectivity index (χ2v) is 3.29. The molecule has 0 saturated carbocycles. The Hall–Kier alpha value is -2.16. The number of nitrogens with one attached hydrogen (secondary N) is 1. The third-order valence-corrected chi connectivity index (χ3v) is 2.29. The average molecular weight is 197 g/mol. The van der Waals surface area contributed by atoms with Crippen molar-refractivity contribution in [1.29, 1.82) is 0 Å². The second kappa shape index (κ2) is 3.20. The van der Waals surface area contributed by atoms with Crippen molar-refractivity contribution >= 4 is 11.0 Å². The largest absolute Gasteiger partial charge is 0.452 e. The predicted octanol–water partition coefficient (Wildman–Crippen LogP) is 2.31. The summed E-state index contributed by atoms with van der Waals surface area (Å²) in [6, 6.07) is 11.8. The first-order valence-electron chi connectivity index (χ1n) is 4.74. The number of hydrogen-bond acceptors (Lipinski definition) is 2. The maximum absolute atomic E-state index is 5.68. The molecule has 0 bridgehead atoms. The standard InChI is InChI=1S/C12H8N2O/c1-2-4-11-9(3-1)7-12(15-11)10-5-6-13-8-14-10/h1-8H/p+1. The highest BCUT2D eigenvalue weighted by atomic mass is 16.3. The number of furan rings is 1. The van der Waals surface area contributed by atoms with Gasteiger partial charge in [-0.2, -0.15) is 0 Å². The monoisotopic (exact) mass is 197 g/mol. The number of nitrogens with zero attached hydrogens (tertiary/aromatic N) is 1. The number of rotatable bonds is 1. The van der Waals surface area contributed by atoms with Gasteiger partial charge in [-0.1, -0.05) is 18.2 Å². The van der Waals surface area contributed by atoms with Crippen LogP contribution in [0.15, 0.2) is 53.3 Å². The molecule has 0 spiro atoms. The van der Waals surface area contributed by atoms with E-state index in [1.54, 1.807) is 6.33 Å². The van der Waals surface area contributed by atoms with E-state index in [9.17, 15) is 0 Å². The van der Waals surface area contributed by atoms with Crippen LogP contribution in [0.2, 0.25) is 0 Å². The van der Waals surface area contributed by atoms with E-state index in [4.69, 9.17) is 4.42 Å². The van der Waals surface area contributed by atoms with Gasteiger partial charge in [0, 0.05) is 11.5 Å². The van der Waals surface area contributed by atoms with Gasteiger partial charge in [-0.25, -0.2) is 0 Å². The summed E-state index contributed by atoms with van der Waals surface area (Å²) in [4.78, 5) is 7.08. The van der Waals surface area contributed by atoms with Gasteiger partial charge in [0.25, 0.3) is 6.33 Å². The van der Waals surface area contributed by atoms with E-state index in [0.29, 0.717) is 0 Å². The summed E-state index contributed by atoms with van der Waals surface area (Å²) in [5, 5.41) is 1.10. The van der Waals surface area contributed by atoms with Crippen molar-refractivity contribution in [2.45, 2.75) is 0 Å². The molecule has 0 unspecified atom stereocenters. The van der Waals surface area contributed by atoms with E-state index >= 15 is 0 Å². The molecule has 0 amide bonds. The molecule has 72 valence electrons. The lowest BCUT2D eigenvalue weighted by Gasteiger charge is -1.85. The summed E-state index contributed by atoms with van der Waals surface area (Å²) in [5.41, 5.74) is 1.73. The van der Waals surface area contributed by atoms with Gasteiger partial charge in [0.1, 0.15) is 5.58 Å². The van der Waals surface area contributed by atoms with Gasteiger partial charge in [-0.05, 0) is 17.1 Å². The van der Waals surface area contributed by atoms with Crippen molar-refractivity contribution in [2.24, 2.45) is 0 Å². The Labute approximate surface area is 86.4 Å². The van der Waals surface area contributed by atoms with E-state index in [2.05, 4.69) is 9.97 Å². The molecule has 15 heavy (non-hydrogen) atoms. The molecule has 1 aromatic carbocycles. The molecule has 2 heterocycles. The summed E-state index contributed by atoms with van der Waals surface area (Å²) < 4.78 is 5.68. The van der Waals surface area contributed by atoms with Crippen LogP contribution < -0.4 is 4.98 Å². The van der Waals surface area contributed by atoms with E-state index in [1.165, 1.54) is 0 Å². The van der Waals surface area contributed by atoms with Gasteiger partial charge in [-0.3, -0.25) is 4.98 Å². The quantitative estimate of drug-likeness (QED) is 0.600. The van der Waals surface area contributed by atoms with E-state index in [1.807, 2.05) is 42.6 Å². The number of para-hydroxylation sites is 1. The third-order valence-electron chi connectivity index (χ3n) is 2.29. The highest BCUT2D eigenvalue weighted by Crippen LogP contribution is 2.25. The fraction of sp³-hybridized carbons (Fsp3) is 0. The Balaban J connectivity index is 2.21. The minimum atomic E-state index is 0.796. The van der Waals surface area contributed by atoms with Gasteiger partial charge in [0.2, 0.25) is 5.69 Å². The van der Waals surface area contributed by atoms with Crippen LogP contribution in [0.1, 0.15) is 0 Å². The first-order valence-corrected chi connectivity index (χ1v) is 4.74. The fourth-order valence-corrected chi connectivity index (χ4v) is 1.57. The fourth-order valence-electron chi connectivity index (χ4n) is 1.57. The molecule has 3 heteroatoms. The Bertz CT molecular complexity index is 554. The van der Waals surface area contributed by atoms with Crippen molar-refractivity contribution in [3.05, 3.63) is 48.9 Å². The molecule has 3 aromatic rings. The summed E-state index contributed by atoms with van der Waals surface area (Å²) in [6.07, 6.45) is 3.47. The molecule has 0 aliphatic rings. The number of hydrogen-bond donors (Lipinski definition) is 0. The second-order valence-electron chi connectivity index (χ2n) is 3.29. The van der Waals surface area contributed by atoms with Crippen LogP contribution in [0.5, 0.6) is 0 Å². The Morgan fingerprint density at radius 2 is 2.07 bits per heavy atom. The highest BCUT2D eigenvalue weighted by Gasteiger charge is 2.09. The lowest BCUT2D eigenvalue weighted by molar-refractivity contribution is -0.382. The third kappa shape index (κ3) is 1.38. The van der Waals surface area contributed by atoms with Gasteiger partial charge in [-0.15, -0.1) is 0 Å². The number of aromatic amines is 1. The summed E-state index contributed by atoms with van der Waals surface area (Å²) in [7, 11) is 0. The molecule has 2 aromatic heterocycles. The van der Waals surface area contributed by atoms with Crippen LogP contribution in [0.25, 0.3) is 22.4 Å². The minimum Gasteiger partial charge on any atom is -0.452 e. The van der Waals surface area contributed by atoms with E-state index in [-0.39, 0.29) is 0 Å². The van der Waals surface area contributed by atoms with Gasteiger partial charge < -0.3 is 4.42 Å².